The zero-order chi connectivity index (χ0) is 10.2. The van der Waals surface area contributed by atoms with Gasteiger partial charge in [0.15, 0.2) is 0 Å². The first-order valence-electron chi connectivity index (χ1n) is 4.75. The average molecular weight is 90.2 g/mol. The van der Waals surface area contributed by atoms with E-state index in [4.69, 9.17) is 8.22 Å². The maximum Gasteiger partial charge on any atom is 0.0276 e. The Morgan fingerprint density at radius 2 is 1.50 bits per heavy atom. The molecule has 0 saturated carbocycles. The Morgan fingerprint density at radius 3 is 1.67 bits per heavy atom. The molecule has 0 amide bonds. The Balaban J connectivity index is 4.96. The molecule has 0 aromatic heterocycles. The molecule has 0 aliphatic carbocycles. The highest BCUT2D eigenvalue weighted by molar-refractivity contribution is 5.02. The number of allylic oxidation sites excluding steroid dienone is 2. The van der Waals surface area contributed by atoms with Crippen molar-refractivity contribution >= 4 is 0 Å². The second-order valence-electron chi connectivity index (χ2n) is 1.25. The summed E-state index contributed by atoms with van der Waals surface area (Å²) in [5, 5.41) is 0. The highest BCUT2D eigenvalue weighted by Gasteiger charge is 1.75. The molecule has 6 heavy (non-hydrogen) atoms. The van der Waals surface area contributed by atoms with E-state index < -0.39 is 13.7 Å². The SMILES string of the molecule is [2H]C([2H])([2H])/C(C)=C(\C)C([2H])([2H])[2H]. The van der Waals surface area contributed by atoms with Crippen molar-refractivity contribution in [2.45, 2.75) is 27.6 Å². The fourth-order valence-electron chi connectivity index (χ4n) is 0. The lowest BCUT2D eigenvalue weighted by Gasteiger charge is -1.88. The molecule has 0 atom stereocenters. The summed E-state index contributed by atoms with van der Waals surface area (Å²) in [4.78, 5) is 0. The predicted molar refractivity (Wildman–Crippen MR) is 29.7 cm³/mol. The summed E-state index contributed by atoms with van der Waals surface area (Å²) in [5.41, 5.74) is -0.0787. The fraction of sp³-hybridized carbons (Fsp3) is 0.667. The van der Waals surface area contributed by atoms with Crippen molar-refractivity contribution in [3.8, 4) is 0 Å². The van der Waals surface area contributed by atoms with Gasteiger partial charge in [-0.05, 0) is 27.6 Å². The van der Waals surface area contributed by atoms with E-state index in [-0.39, 0.29) is 11.1 Å². The quantitative estimate of drug-likeness (QED) is 0.400. The van der Waals surface area contributed by atoms with Crippen molar-refractivity contribution in [2.75, 3.05) is 0 Å². The normalized spacial score (nSPS) is 33.0. The molecule has 0 fully saturated rings. The topological polar surface area (TPSA) is 0 Å². The Labute approximate surface area is 48.3 Å². The summed E-state index contributed by atoms with van der Waals surface area (Å²) in [6.07, 6.45) is 0. The smallest absolute Gasteiger partial charge is 0.0276 e. The molecule has 0 saturated heterocycles. The third kappa shape index (κ3) is 2.01. The molecule has 0 bridgehead atoms. The van der Waals surface area contributed by atoms with Gasteiger partial charge >= 0.3 is 0 Å². The van der Waals surface area contributed by atoms with Crippen LogP contribution < -0.4 is 0 Å². The van der Waals surface area contributed by atoms with Gasteiger partial charge in [0.05, 0.1) is 0 Å². The Morgan fingerprint density at radius 1 is 1.17 bits per heavy atom. The summed E-state index contributed by atoms with van der Waals surface area (Å²) < 4.78 is 41.8. The van der Waals surface area contributed by atoms with Crippen LogP contribution in [-0.4, -0.2) is 0 Å². The van der Waals surface area contributed by atoms with Gasteiger partial charge in [-0.15, -0.1) is 0 Å². The van der Waals surface area contributed by atoms with Crippen molar-refractivity contribution in [1.82, 2.24) is 0 Å². The number of rotatable bonds is 0. The van der Waals surface area contributed by atoms with E-state index in [2.05, 4.69) is 0 Å². The molecular formula is C6H12. The van der Waals surface area contributed by atoms with Gasteiger partial charge < -0.3 is 0 Å². The van der Waals surface area contributed by atoms with Crippen LogP contribution in [-0.2, 0) is 0 Å². The molecule has 0 heteroatoms. The monoisotopic (exact) mass is 90.1 g/mol. The van der Waals surface area contributed by atoms with Crippen LogP contribution >= 0.6 is 0 Å². The molecule has 0 rings (SSSR count). The van der Waals surface area contributed by atoms with Crippen molar-refractivity contribution in [3.63, 3.8) is 0 Å². The lowest BCUT2D eigenvalue weighted by atomic mass is 10.2. The summed E-state index contributed by atoms with van der Waals surface area (Å²) in [6, 6.07) is 0. The van der Waals surface area contributed by atoms with Gasteiger partial charge in [0.2, 0.25) is 0 Å². The van der Waals surface area contributed by atoms with Gasteiger partial charge in [0, 0.05) is 8.22 Å². The Kier molecular flexibility index (Phi) is 0.375. The zero-order valence-corrected chi connectivity index (χ0v) is 4.00. The minimum Gasteiger partial charge on any atom is -0.0778 e. The molecule has 0 radical (unpaired) electrons. The first-order valence-corrected chi connectivity index (χ1v) is 1.75. The Hall–Kier alpha value is -0.260. The van der Waals surface area contributed by atoms with Gasteiger partial charge in [-0.25, -0.2) is 0 Å². The lowest BCUT2D eigenvalue weighted by Crippen LogP contribution is -1.66. The maximum atomic E-state index is 6.97. The van der Waals surface area contributed by atoms with Crippen LogP contribution in [0.4, 0.5) is 0 Å². The van der Waals surface area contributed by atoms with Crippen molar-refractivity contribution in [1.29, 1.82) is 0 Å². The van der Waals surface area contributed by atoms with Crippen LogP contribution in [0.3, 0.4) is 0 Å². The van der Waals surface area contributed by atoms with Crippen LogP contribution in [0.2, 0.25) is 0 Å². The van der Waals surface area contributed by atoms with Crippen LogP contribution in [0, 0.1) is 0 Å². The van der Waals surface area contributed by atoms with Crippen molar-refractivity contribution in [2.24, 2.45) is 0 Å². The van der Waals surface area contributed by atoms with Gasteiger partial charge in [-0.1, -0.05) is 11.1 Å². The van der Waals surface area contributed by atoms with Gasteiger partial charge in [-0.3, -0.25) is 0 Å². The molecule has 0 nitrogen and oxygen atoms in total. The second-order valence-corrected chi connectivity index (χ2v) is 1.25. The highest BCUT2D eigenvalue weighted by Crippen LogP contribution is 1.96. The molecule has 0 N–H and O–H groups in total. The first-order chi connectivity index (χ1) is 5.07. The van der Waals surface area contributed by atoms with Gasteiger partial charge in [0.25, 0.3) is 0 Å². The molecule has 0 aromatic rings. The van der Waals surface area contributed by atoms with Crippen molar-refractivity contribution < 1.29 is 8.22 Å². The molecule has 0 unspecified atom stereocenters. The largest absolute Gasteiger partial charge is 0.0778 e. The number of hydrogen-bond donors (Lipinski definition) is 0. The summed E-state index contributed by atoms with van der Waals surface area (Å²) >= 11 is 0. The van der Waals surface area contributed by atoms with E-state index in [9.17, 15) is 0 Å². The van der Waals surface area contributed by atoms with E-state index in [1.165, 1.54) is 13.8 Å². The van der Waals surface area contributed by atoms with Crippen molar-refractivity contribution in [3.05, 3.63) is 11.1 Å². The third-order valence-corrected chi connectivity index (χ3v) is 0.562. The fourth-order valence-corrected chi connectivity index (χ4v) is 0. The highest BCUT2D eigenvalue weighted by atomic mass is 13.8. The lowest BCUT2D eigenvalue weighted by molar-refractivity contribution is 1.23. The standard InChI is InChI=1S/C6H12/c1-5(2)6(3)4/h1-4H3/i1D3,3D3/b6-5+. The molecular weight excluding hydrogens is 72.1 g/mol. The first kappa shape index (κ1) is 1.12. The van der Waals surface area contributed by atoms with E-state index >= 15 is 0 Å². The maximum absolute atomic E-state index is 6.97. The predicted octanol–water partition coefficient (Wildman–Crippen LogP) is 2.36. The van der Waals surface area contributed by atoms with E-state index in [1.54, 1.807) is 0 Å². The molecule has 0 aromatic carbocycles. The Bertz CT molecular complexity index is 171. The summed E-state index contributed by atoms with van der Waals surface area (Å²) in [7, 11) is 0. The van der Waals surface area contributed by atoms with Crippen LogP contribution in [0.5, 0.6) is 0 Å². The van der Waals surface area contributed by atoms with E-state index in [0.717, 1.165) is 0 Å². The van der Waals surface area contributed by atoms with E-state index in [0.29, 0.717) is 0 Å². The molecule has 0 aliphatic rings. The number of hydrogen-bond acceptors (Lipinski definition) is 0. The van der Waals surface area contributed by atoms with Gasteiger partial charge in [-0.2, -0.15) is 0 Å². The minimum atomic E-state index is -2.29. The molecule has 0 spiro atoms. The average Bonchev–Trinajstić information content (AvgIpc) is 1.80. The third-order valence-electron chi connectivity index (χ3n) is 0.562. The summed E-state index contributed by atoms with van der Waals surface area (Å²) in [6.45, 7) is -1.93. The van der Waals surface area contributed by atoms with Crippen LogP contribution in [0.1, 0.15) is 35.8 Å². The summed E-state index contributed by atoms with van der Waals surface area (Å²) in [5.74, 6) is 0. The molecule has 36 valence electrons. The molecule has 0 aliphatic heterocycles. The minimum absolute atomic E-state index is 0.0394. The van der Waals surface area contributed by atoms with Crippen LogP contribution in [0.15, 0.2) is 11.1 Å². The van der Waals surface area contributed by atoms with Crippen LogP contribution in [0.25, 0.3) is 0 Å². The second kappa shape index (κ2) is 2.01. The zero-order valence-electron chi connectivity index (χ0n) is 10.0. The van der Waals surface area contributed by atoms with E-state index in [1.807, 2.05) is 0 Å². The van der Waals surface area contributed by atoms with Gasteiger partial charge in [0.1, 0.15) is 0 Å². The molecule has 0 heterocycles.